The predicted molar refractivity (Wildman–Crippen MR) is 314 cm³/mol. The summed E-state index contributed by atoms with van der Waals surface area (Å²) >= 11 is 3.23. The Morgan fingerprint density at radius 3 is 1.68 bits per heavy atom. The number of benzene rings is 11. The fraction of sp³-hybridized carbons (Fsp3) is 0. The maximum absolute atomic E-state index is 12.3. The molecule has 0 aliphatic heterocycles. The van der Waals surface area contributed by atoms with E-state index < -0.39 is 18.1 Å². The van der Waals surface area contributed by atoms with Gasteiger partial charge in [-0.3, -0.25) is 0 Å². The first-order chi connectivity index (χ1) is 38.8. The van der Waals surface area contributed by atoms with E-state index in [0.29, 0.717) is 39.3 Å². The number of nitriles is 1. The monoisotopic (exact) mass is 979 g/mol. The molecule has 0 fully saturated rings. The molecule has 0 atom stereocenters. The summed E-state index contributed by atoms with van der Waals surface area (Å²) < 4.78 is 52.5. The van der Waals surface area contributed by atoms with E-state index in [0.717, 1.165) is 106 Å². The molecule has 0 spiro atoms. The van der Waals surface area contributed by atoms with Gasteiger partial charge in [-0.05, 0) is 51.6 Å². The molecule has 15 aromatic rings. The van der Waals surface area contributed by atoms with Crippen LogP contribution in [0.5, 0.6) is 0 Å². The first kappa shape index (κ1) is 37.3. The van der Waals surface area contributed by atoms with Gasteiger partial charge in [-0.1, -0.05) is 212 Å². The van der Waals surface area contributed by atoms with E-state index in [9.17, 15) is 11.8 Å². The van der Waals surface area contributed by atoms with Crippen molar-refractivity contribution in [2.75, 3.05) is 0 Å². The topological polar surface area (TPSA) is 38.0 Å². The molecule has 11 aromatic carbocycles. The van der Waals surface area contributed by atoms with E-state index in [4.69, 9.17) is 6.85 Å². The molecular weight excluding hydrogens is 937 g/mol. The van der Waals surface area contributed by atoms with Crippen LogP contribution in [0.1, 0.15) is 12.4 Å². The summed E-state index contributed by atoms with van der Waals surface area (Å²) in [4.78, 5) is 4.57. The van der Waals surface area contributed by atoms with Crippen LogP contribution in [0.3, 0.4) is 0 Å². The van der Waals surface area contributed by atoms with E-state index in [-0.39, 0.29) is 17.6 Å². The molecule has 0 bridgehead atoms. The van der Waals surface area contributed by atoms with Gasteiger partial charge in [0.1, 0.15) is 6.07 Å². The van der Waals surface area contributed by atoms with Crippen molar-refractivity contribution in [3.63, 3.8) is 0 Å². The highest BCUT2D eigenvalue weighted by molar-refractivity contribution is 7.27. The van der Waals surface area contributed by atoms with Gasteiger partial charge in [-0.2, -0.15) is 5.26 Å². The summed E-state index contributed by atoms with van der Waals surface area (Å²) in [6.07, 6.45) is 0. The molecule has 342 valence electrons. The van der Waals surface area contributed by atoms with Crippen LogP contribution in [0.2, 0.25) is 0 Å². The fourth-order valence-electron chi connectivity index (χ4n) is 11.7. The molecule has 0 saturated carbocycles. The van der Waals surface area contributed by atoms with Gasteiger partial charge < -0.3 is 9.13 Å². The third-order valence-corrected chi connectivity index (χ3v) is 17.1. The predicted octanol–water partition coefficient (Wildman–Crippen LogP) is 19.7. The van der Waals surface area contributed by atoms with Gasteiger partial charge in [0, 0.05) is 63.6 Å². The lowest BCUT2D eigenvalue weighted by atomic mass is 9.88. The van der Waals surface area contributed by atoms with Crippen LogP contribution in [0, 0.1) is 17.9 Å². The minimum atomic E-state index is -0.445. The Hall–Kier alpha value is -9.56. The molecule has 15 rings (SSSR count). The summed E-state index contributed by atoms with van der Waals surface area (Å²) in [5, 5.41) is 20.3. The van der Waals surface area contributed by atoms with Crippen LogP contribution >= 0.6 is 22.7 Å². The van der Waals surface area contributed by atoms with Gasteiger partial charge in [0.15, 0.2) is 0 Å². The van der Waals surface area contributed by atoms with Gasteiger partial charge in [0.2, 0.25) is 5.69 Å². The Labute approximate surface area is 440 Å². The zero-order chi connectivity index (χ0) is 53.4. The van der Waals surface area contributed by atoms with Crippen molar-refractivity contribution in [2.24, 2.45) is 0 Å². The Morgan fingerprint density at radius 2 is 0.973 bits per heavy atom. The van der Waals surface area contributed by atoms with E-state index in [1.165, 1.54) is 11.3 Å². The number of hydrogen-bond donors (Lipinski definition) is 0. The van der Waals surface area contributed by atoms with Crippen molar-refractivity contribution < 1.29 is 6.85 Å². The van der Waals surface area contributed by atoms with E-state index >= 15 is 0 Å². The van der Waals surface area contributed by atoms with Crippen LogP contribution in [0.25, 0.3) is 145 Å². The van der Waals surface area contributed by atoms with E-state index in [1.54, 1.807) is 11.3 Å². The standard InChI is InChI=1S/C68H38N4S2/c1-70-61-58(43-24-10-4-11-25-43)54(40-69)62(59(44-26-12-5-13-27-44)65(61)71-55-33-16-14-29-53(55)60-45(30-19-34-56(60)71)41-20-6-2-7-21-41)72-63-48(36-38-51-47-28-15-17-35-57(47)73-67(51)63)49-37-39-52-50-32-18-31-46(42-22-8-3-9-23-42)66(50)74-68(52)64(49)72/h2-39H/i3D,8D,9D,22D,23D. The average molecular weight is 980 g/mol. The number of thiophene rings is 2. The van der Waals surface area contributed by atoms with Crippen LogP contribution in [0.15, 0.2) is 230 Å². The number of hydrogen-bond acceptors (Lipinski definition) is 3. The second-order valence-electron chi connectivity index (χ2n) is 18.4. The lowest BCUT2D eigenvalue weighted by Crippen LogP contribution is -2.09. The molecule has 0 amide bonds. The van der Waals surface area contributed by atoms with Gasteiger partial charge in [0.25, 0.3) is 0 Å². The van der Waals surface area contributed by atoms with E-state index in [1.807, 2.05) is 78.9 Å². The van der Waals surface area contributed by atoms with E-state index in [2.05, 4.69) is 141 Å². The zero-order valence-electron chi connectivity index (χ0n) is 44.2. The third kappa shape index (κ3) is 5.99. The third-order valence-electron chi connectivity index (χ3n) is 14.7. The fourth-order valence-corrected chi connectivity index (χ4v) is 14.3. The zero-order valence-corrected chi connectivity index (χ0v) is 40.8. The van der Waals surface area contributed by atoms with Crippen molar-refractivity contribution in [3.8, 4) is 62.0 Å². The van der Waals surface area contributed by atoms with Crippen LogP contribution in [0.4, 0.5) is 5.69 Å². The minimum absolute atomic E-state index is 0.138. The maximum Gasteiger partial charge on any atom is 0.220 e. The molecule has 0 unspecified atom stereocenters. The molecule has 0 radical (unpaired) electrons. The smallest absolute Gasteiger partial charge is 0.220 e. The lowest BCUT2D eigenvalue weighted by Gasteiger charge is -2.26. The number of rotatable bonds is 6. The summed E-state index contributed by atoms with van der Waals surface area (Å²) in [7, 11) is 0. The maximum atomic E-state index is 12.3. The van der Waals surface area contributed by atoms with Crippen LogP contribution < -0.4 is 0 Å². The van der Waals surface area contributed by atoms with Gasteiger partial charge >= 0.3 is 0 Å². The molecule has 6 heteroatoms. The summed E-state index contributed by atoms with van der Waals surface area (Å²) in [6, 6.07) is 69.1. The molecule has 0 aliphatic carbocycles. The molecule has 4 aromatic heterocycles. The Kier molecular flexibility index (Phi) is 8.31. The van der Waals surface area contributed by atoms with Crippen molar-refractivity contribution >= 4 is 112 Å². The summed E-state index contributed by atoms with van der Waals surface area (Å²) in [5.41, 5.74) is 11.0. The Balaban J connectivity index is 1.22. The van der Waals surface area contributed by atoms with Gasteiger partial charge in [-0.25, -0.2) is 4.85 Å². The quantitative estimate of drug-likeness (QED) is 0.153. The van der Waals surface area contributed by atoms with Gasteiger partial charge in [0.05, 0.1) is 61.8 Å². The van der Waals surface area contributed by atoms with Crippen molar-refractivity contribution in [3.05, 3.63) is 247 Å². The molecule has 0 N–H and O–H groups in total. The normalized spacial score (nSPS) is 12.7. The highest BCUT2D eigenvalue weighted by Crippen LogP contribution is 2.55. The number of aromatic nitrogens is 2. The lowest BCUT2D eigenvalue weighted by molar-refractivity contribution is 1.14. The van der Waals surface area contributed by atoms with Crippen molar-refractivity contribution in [1.82, 2.24) is 9.13 Å². The SMILES string of the molecule is [2H]c1c([2H])c([2H])c(-c2cccc3c2sc2c3ccc3c4ccc5c6ccccc6sc5c4n(-c4c(C#N)c(-c5ccccc5)c([N+]#[C-])c(-n5c6ccccc6c6c(-c7ccccc7)cccc65)c4-c4ccccc4)c32)c([2H])c1[2H]. The molecule has 4 nitrogen and oxygen atoms in total. The largest absolute Gasteiger partial charge is 0.318 e. The van der Waals surface area contributed by atoms with Crippen LogP contribution in [-0.4, -0.2) is 9.13 Å². The highest BCUT2D eigenvalue weighted by Gasteiger charge is 2.33. The Morgan fingerprint density at radius 1 is 0.432 bits per heavy atom. The van der Waals surface area contributed by atoms with Gasteiger partial charge in [-0.15, -0.1) is 22.7 Å². The summed E-state index contributed by atoms with van der Waals surface area (Å²) in [6.45, 7) is 9.45. The Bertz CT molecular complexity index is 5190. The molecule has 0 saturated heterocycles. The number of fused-ring (bicyclic) bond motifs is 14. The second-order valence-corrected chi connectivity index (χ2v) is 20.5. The number of para-hydroxylation sites is 1. The molecule has 74 heavy (non-hydrogen) atoms. The van der Waals surface area contributed by atoms with Crippen molar-refractivity contribution in [2.45, 2.75) is 0 Å². The minimum Gasteiger partial charge on any atom is -0.318 e. The van der Waals surface area contributed by atoms with Crippen LogP contribution in [-0.2, 0) is 0 Å². The highest BCUT2D eigenvalue weighted by atomic mass is 32.1. The first-order valence-electron chi connectivity index (χ1n) is 26.8. The number of nitrogens with zero attached hydrogens (tertiary/aromatic N) is 4. The summed E-state index contributed by atoms with van der Waals surface area (Å²) in [5.74, 6) is 0. The molecule has 4 heterocycles. The average Bonchev–Trinajstić information content (AvgIpc) is 3.12. The van der Waals surface area contributed by atoms with Crippen molar-refractivity contribution in [1.29, 1.82) is 5.26 Å². The first-order valence-corrected chi connectivity index (χ1v) is 25.9. The molecular formula is C68H38N4S2. The second kappa shape index (κ2) is 16.5. The molecule has 0 aliphatic rings.